The summed E-state index contributed by atoms with van der Waals surface area (Å²) < 4.78 is 2.01. The molecule has 0 N–H and O–H groups in total. The summed E-state index contributed by atoms with van der Waals surface area (Å²) in [6, 6.07) is 4.03. The summed E-state index contributed by atoms with van der Waals surface area (Å²) in [6.45, 7) is 0. The number of aromatic nitrogens is 1. The Morgan fingerprint density at radius 3 is 3.50 bits per heavy atom. The smallest absolute Gasteiger partial charge is 0.0694 e. The van der Waals surface area contributed by atoms with E-state index in [0.29, 0.717) is 0 Å². The van der Waals surface area contributed by atoms with Crippen molar-refractivity contribution in [1.29, 1.82) is 0 Å². The Morgan fingerprint density at radius 2 is 2.62 bits per heavy atom. The maximum atomic E-state index is 3.05. The molecule has 1 heteroatoms. The molecule has 0 aliphatic carbocycles. The molecule has 0 saturated heterocycles. The lowest BCUT2D eigenvalue weighted by Crippen LogP contribution is -1.81. The fraction of sp³-hybridized carbons (Fsp3) is 0.143. The molecule has 1 aliphatic rings. The number of rotatable bonds is 0. The van der Waals surface area contributed by atoms with Crippen molar-refractivity contribution in [2.24, 2.45) is 0 Å². The molecule has 0 bridgehead atoms. The fourth-order valence-corrected chi connectivity index (χ4v) is 0.961. The summed E-state index contributed by atoms with van der Waals surface area (Å²) in [7, 11) is 0. The zero-order chi connectivity index (χ0) is 5.40. The van der Waals surface area contributed by atoms with Crippen LogP contribution in [0.3, 0.4) is 0 Å². The zero-order valence-electron chi connectivity index (χ0n) is 4.46. The fourth-order valence-electron chi connectivity index (χ4n) is 0.961. The van der Waals surface area contributed by atoms with E-state index in [1.165, 1.54) is 5.69 Å². The molecular formula is C7H6N. The zero-order valence-corrected chi connectivity index (χ0v) is 4.46. The van der Waals surface area contributed by atoms with E-state index in [2.05, 4.69) is 18.3 Å². The molecule has 0 unspecified atom stereocenters. The van der Waals surface area contributed by atoms with E-state index in [1.54, 1.807) is 0 Å². The first-order chi connectivity index (χ1) is 3.97. The van der Waals surface area contributed by atoms with Gasteiger partial charge >= 0.3 is 0 Å². The first kappa shape index (κ1) is 3.96. The van der Waals surface area contributed by atoms with Gasteiger partial charge in [-0.1, -0.05) is 6.08 Å². The predicted molar refractivity (Wildman–Crippen MR) is 32.3 cm³/mol. The maximum Gasteiger partial charge on any atom is 0.0694 e. The highest BCUT2D eigenvalue weighted by Gasteiger charge is 1.99. The van der Waals surface area contributed by atoms with Crippen molar-refractivity contribution in [2.45, 2.75) is 6.42 Å². The molecule has 1 aromatic rings. The predicted octanol–water partition coefficient (Wildman–Crippen LogP) is 1.32. The first-order valence-corrected chi connectivity index (χ1v) is 2.71. The first-order valence-electron chi connectivity index (χ1n) is 2.71. The molecule has 0 aromatic carbocycles. The van der Waals surface area contributed by atoms with Gasteiger partial charge in [-0.2, -0.15) is 0 Å². The molecule has 8 heavy (non-hydrogen) atoms. The van der Waals surface area contributed by atoms with Crippen LogP contribution in [0.25, 0.3) is 6.20 Å². The van der Waals surface area contributed by atoms with E-state index in [0.717, 1.165) is 6.42 Å². The van der Waals surface area contributed by atoms with E-state index in [4.69, 9.17) is 0 Å². The highest BCUT2D eigenvalue weighted by Crippen LogP contribution is 2.09. The van der Waals surface area contributed by atoms with Crippen molar-refractivity contribution in [1.82, 2.24) is 4.57 Å². The minimum absolute atomic E-state index is 1.07. The quantitative estimate of drug-likeness (QED) is 0.467. The molecule has 2 rings (SSSR count). The second kappa shape index (κ2) is 1.25. The number of hydrogen-bond donors (Lipinski definition) is 0. The van der Waals surface area contributed by atoms with Crippen LogP contribution in [0.2, 0.25) is 0 Å². The maximum absolute atomic E-state index is 3.05. The Labute approximate surface area is 48.2 Å². The molecule has 1 aromatic heterocycles. The molecular weight excluding hydrogens is 98.1 g/mol. The van der Waals surface area contributed by atoms with Gasteiger partial charge in [0.2, 0.25) is 0 Å². The van der Waals surface area contributed by atoms with Gasteiger partial charge in [-0.3, -0.25) is 0 Å². The second-order valence-electron chi connectivity index (χ2n) is 1.91. The summed E-state index contributed by atoms with van der Waals surface area (Å²) in [5.74, 6) is 0. The Balaban J connectivity index is 2.67. The molecule has 39 valence electrons. The third-order valence-electron chi connectivity index (χ3n) is 1.38. The van der Waals surface area contributed by atoms with Crippen LogP contribution in [0, 0.1) is 6.20 Å². The molecule has 1 aliphatic heterocycles. The van der Waals surface area contributed by atoms with E-state index in [1.807, 2.05) is 16.8 Å². The van der Waals surface area contributed by atoms with Crippen molar-refractivity contribution >= 4 is 6.20 Å². The van der Waals surface area contributed by atoms with Crippen LogP contribution in [0.1, 0.15) is 5.69 Å². The van der Waals surface area contributed by atoms with E-state index < -0.39 is 0 Å². The average Bonchev–Trinajstić information content (AvgIpc) is 2.15. The van der Waals surface area contributed by atoms with Crippen molar-refractivity contribution < 1.29 is 0 Å². The summed E-state index contributed by atoms with van der Waals surface area (Å²) in [6.07, 6.45) is 8.29. The van der Waals surface area contributed by atoms with Crippen molar-refractivity contribution in [3.05, 3.63) is 30.1 Å². The van der Waals surface area contributed by atoms with Gasteiger partial charge in [0.15, 0.2) is 0 Å². The van der Waals surface area contributed by atoms with Crippen LogP contribution in [0.15, 0.2) is 18.2 Å². The Hall–Kier alpha value is -0.980. The SMILES string of the molecule is [c]1ccc2n1C=CC2. The third-order valence-corrected chi connectivity index (χ3v) is 1.38. The van der Waals surface area contributed by atoms with Crippen molar-refractivity contribution in [2.75, 3.05) is 0 Å². The second-order valence-corrected chi connectivity index (χ2v) is 1.91. The number of nitrogens with zero attached hydrogens (tertiary/aromatic N) is 1. The Kier molecular flexibility index (Phi) is 0.618. The summed E-state index contributed by atoms with van der Waals surface area (Å²) in [4.78, 5) is 0. The van der Waals surface area contributed by atoms with Gasteiger partial charge in [-0.05, 0) is 12.1 Å². The Bertz CT molecular complexity index is 220. The highest BCUT2D eigenvalue weighted by atomic mass is 15.0. The largest absolute Gasteiger partial charge is 0.319 e. The third kappa shape index (κ3) is 0.360. The van der Waals surface area contributed by atoms with Crippen LogP contribution in [-0.4, -0.2) is 4.57 Å². The molecule has 1 radical (unpaired) electrons. The van der Waals surface area contributed by atoms with Crippen LogP contribution in [0.4, 0.5) is 0 Å². The normalized spacial score (nSPS) is 14.5. The monoisotopic (exact) mass is 104 g/mol. The lowest BCUT2D eigenvalue weighted by Gasteiger charge is -1.87. The van der Waals surface area contributed by atoms with Crippen LogP contribution in [-0.2, 0) is 6.42 Å². The van der Waals surface area contributed by atoms with Crippen LogP contribution >= 0.6 is 0 Å². The lowest BCUT2D eigenvalue weighted by atomic mass is 10.3. The van der Waals surface area contributed by atoms with Gasteiger partial charge in [0, 0.05) is 18.3 Å². The van der Waals surface area contributed by atoms with Gasteiger partial charge in [-0.15, -0.1) is 0 Å². The topological polar surface area (TPSA) is 4.93 Å². The van der Waals surface area contributed by atoms with Gasteiger partial charge < -0.3 is 4.57 Å². The molecule has 0 amide bonds. The number of fused-ring (bicyclic) bond motifs is 1. The Morgan fingerprint density at radius 1 is 1.62 bits per heavy atom. The highest BCUT2D eigenvalue weighted by molar-refractivity contribution is 5.35. The molecule has 0 saturated carbocycles. The van der Waals surface area contributed by atoms with E-state index in [-0.39, 0.29) is 0 Å². The van der Waals surface area contributed by atoms with Gasteiger partial charge in [0.05, 0.1) is 6.20 Å². The van der Waals surface area contributed by atoms with Crippen molar-refractivity contribution in [3.63, 3.8) is 0 Å². The number of allylic oxidation sites excluding steroid dienone is 1. The van der Waals surface area contributed by atoms with Crippen molar-refractivity contribution in [3.8, 4) is 0 Å². The minimum Gasteiger partial charge on any atom is -0.319 e. The van der Waals surface area contributed by atoms with Gasteiger partial charge in [-0.25, -0.2) is 0 Å². The lowest BCUT2D eigenvalue weighted by molar-refractivity contribution is 1.08. The molecule has 0 atom stereocenters. The summed E-state index contributed by atoms with van der Waals surface area (Å²) in [5.41, 5.74) is 1.34. The summed E-state index contributed by atoms with van der Waals surface area (Å²) in [5, 5.41) is 0. The minimum atomic E-state index is 1.07. The number of hydrogen-bond acceptors (Lipinski definition) is 0. The van der Waals surface area contributed by atoms with E-state index >= 15 is 0 Å². The molecule has 2 heterocycles. The van der Waals surface area contributed by atoms with Crippen LogP contribution < -0.4 is 0 Å². The van der Waals surface area contributed by atoms with Gasteiger partial charge in [0.1, 0.15) is 0 Å². The molecule has 0 fully saturated rings. The molecule has 1 nitrogen and oxygen atoms in total. The molecule has 0 spiro atoms. The average molecular weight is 104 g/mol. The van der Waals surface area contributed by atoms with E-state index in [9.17, 15) is 0 Å². The van der Waals surface area contributed by atoms with Gasteiger partial charge in [0.25, 0.3) is 0 Å². The summed E-state index contributed by atoms with van der Waals surface area (Å²) >= 11 is 0. The van der Waals surface area contributed by atoms with Crippen LogP contribution in [0.5, 0.6) is 0 Å². The standard InChI is InChI=1S/C7H6N/c1-3-7-4-2-6-8(7)5-1/h1-3,6H,4H2.